The number of hydrogen-bond acceptors (Lipinski definition) is 8. The van der Waals surface area contributed by atoms with E-state index in [1.54, 1.807) is 14.2 Å². The third-order valence-electron chi connectivity index (χ3n) is 7.25. The summed E-state index contributed by atoms with van der Waals surface area (Å²) in [7, 11) is 3.20. The Morgan fingerprint density at radius 1 is 1.00 bits per heavy atom. The normalized spacial score (nSPS) is 21.4. The number of fused-ring (bicyclic) bond motifs is 1. The molecular weight excluding hydrogens is 454 g/mol. The van der Waals surface area contributed by atoms with Crippen LogP contribution < -0.4 is 19.5 Å². The first-order valence-electron chi connectivity index (χ1n) is 12.1. The number of tetrazole rings is 1. The van der Waals surface area contributed by atoms with E-state index >= 15 is 0 Å². The Bertz CT molecular complexity index is 1120. The number of H-pyrrole nitrogens is 1. The first kappa shape index (κ1) is 22.9. The Morgan fingerprint density at radius 2 is 1.71 bits per heavy atom. The van der Waals surface area contributed by atoms with Gasteiger partial charge in [0.1, 0.15) is 4.88 Å². The predicted molar refractivity (Wildman–Crippen MR) is 130 cm³/mol. The van der Waals surface area contributed by atoms with Gasteiger partial charge in [0.05, 0.1) is 20.3 Å². The van der Waals surface area contributed by atoms with Crippen molar-refractivity contribution in [3.63, 3.8) is 0 Å². The molecule has 0 bridgehead atoms. The molecule has 2 aliphatic rings. The van der Waals surface area contributed by atoms with Crippen LogP contribution >= 0.6 is 11.3 Å². The maximum atomic E-state index is 13.1. The summed E-state index contributed by atoms with van der Waals surface area (Å²) in [6, 6.07) is 3.77. The Morgan fingerprint density at radius 3 is 2.38 bits per heavy atom. The van der Waals surface area contributed by atoms with Crippen molar-refractivity contribution < 1.29 is 19.0 Å². The number of aromatic nitrogens is 4. The van der Waals surface area contributed by atoms with Crippen LogP contribution in [0.1, 0.15) is 67.5 Å². The number of aromatic amines is 1. The summed E-state index contributed by atoms with van der Waals surface area (Å²) >= 11 is 1.36. The number of anilines is 1. The minimum Gasteiger partial charge on any atom is -0.493 e. The molecule has 2 saturated carbocycles. The highest BCUT2D eigenvalue weighted by Gasteiger charge is 2.31. The molecule has 2 fully saturated rings. The van der Waals surface area contributed by atoms with Crippen molar-refractivity contribution in [2.45, 2.75) is 63.9 Å². The molecular formula is C24H31N5O4S. The zero-order valence-corrected chi connectivity index (χ0v) is 20.5. The molecule has 2 heterocycles. The summed E-state index contributed by atoms with van der Waals surface area (Å²) in [5, 5.41) is 17.1. The summed E-state index contributed by atoms with van der Waals surface area (Å²) in [4.78, 5) is 13.6. The van der Waals surface area contributed by atoms with E-state index in [1.165, 1.54) is 56.3 Å². The van der Waals surface area contributed by atoms with Gasteiger partial charge < -0.3 is 14.2 Å². The van der Waals surface area contributed by atoms with Gasteiger partial charge >= 0.3 is 0 Å². The highest BCUT2D eigenvalue weighted by Crippen LogP contribution is 2.45. The lowest BCUT2D eigenvalue weighted by atomic mass is 9.73. The number of methoxy groups -OCH3 is 2. The number of nitrogens with zero attached hydrogens (tertiary/aromatic N) is 3. The summed E-state index contributed by atoms with van der Waals surface area (Å²) < 4.78 is 18.5. The molecule has 2 aromatic heterocycles. The van der Waals surface area contributed by atoms with Crippen molar-refractivity contribution in [1.82, 2.24) is 20.6 Å². The van der Waals surface area contributed by atoms with Crippen LogP contribution in [0.5, 0.6) is 17.2 Å². The number of carbonyl (C=O) groups is 1. The molecule has 2 N–H and O–H groups in total. The first-order chi connectivity index (χ1) is 16.7. The molecule has 10 heteroatoms. The van der Waals surface area contributed by atoms with Gasteiger partial charge in [0.2, 0.25) is 0 Å². The van der Waals surface area contributed by atoms with Crippen LogP contribution in [0.2, 0.25) is 0 Å². The monoisotopic (exact) mass is 485 g/mol. The molecule has 3 aromatic rings. The molecule has 2 aliphatic carbocycles. The molecule has 0 saturated heterocycles. The van der Waals surface area contributed by atoms with Crippen LogP contribution in [0.4, 0.5) is 5.95 Å². The number of rotatable bonds is 7. The van der Waals surface area contributed by atoms with Gasteiger partial charge in [0, 0.05) is 16.2 Å². The Labute approximate surface area is 202 Å². The van der Waals surface area contributed by atoms with Crippen molar-refractivity contribution >= 4 is 33.3 Å². The van der Waals surface area contributed by atoms with Crippen LogP contribution in [0.25, 0.3) is 10.1 Å². The summed E-state index contributed by atoms with van der Waals surface area (Å²) in [5.74, 6) is 3.28. The minimum atomic E-state index is -0.327. The lowest BCUT2D eigenvalue weighted by Gasteiger charge is -2.35. The second-order valence-corrected chi connectivity index (χ2v) is 10.3. The molecule has 0 radical (unpaired) electrons. The third kappa shape index (κ3) is 4.68. The van der Waals surface area contributed by atoms with Crippen molar-refractivity contribution in [1.29, 1.82) is 0 Å². The third-order valence-corrected chi connectivity index (χ3v) is 8.38. The van der Waals surface area contributed by atoms with Crippen molar-refractivity contribution in [2.24, 2.45) is 11.8 Å². The van der Waals surface area contributed by atoms with Gasteiger partial charge in [-0.15, -0.1) is 16.4 Å². The van der Waals surface area contributed by atoms with Crippen LogP contribution in [-0.4, -0.2) is 46.9 Å². The fourth-order valence-corrected chi connectivity index (χ4v) is 6.53. The zero-order chi connectivity index (χ0) is 23.5. The van der Waals surface area contributed by atoms with E-state index in [0.29, 0.717) is 22.1 Å². The van der Waals surface area contributed by atoms with E-state index in [2.05, 4.69) is 25.9 Å². The standard InChI is InChI=1S/C24H31N5O4S/c1-31-18-12-17-20(13-19(18)32-2)34-22(23(30)25-24-26-28-29-27-24)21(17)33-16-10-8-15(9-11-16)14-6-4-3-5-7-14/h12-16H,3-11H2,1-2H3,(H2,25,26,27,28,29,30). The highest BCUT2D eigenvalue weighted by atomic mass is 32.1. The van der Waals surface area contributed by atoms with Gasteiger partial charge in [-0.25, -0.2) is 0 Å². The molecule has 34 heavy (non-hydrogen) atoms. The summed E-state index contributed by atoms with van der Waals surface area (Å²) in [5.41, 5.74) is 0. The van der Waals surface area contributed by atoms with Gasteiger partial charge in [0.15, 0.2) is 17.2 Å². The molecule has 9 nitrogen and oxygen atoms in total. The van der Waals surface area contributed by atoms with E-state index in [-0.39, 0.29) is 18.0 Å². The van der Waals surface area contributed by atoms with E-state index in [0.717, 1.165) is 34.8 Å². The average molecular weight is 486 g/mol. The Hall–Kier alpha value is -2.88. The molecule has 1 amide bonds. The zero-order valence-electron chi connectivity index (χ0n) is 19.6. The SMILES string of the molecule is COc1cc2sc(C(=O)Nc3nn[nH]n3)c(OC3CCC(C4CCCCC4)CC3)c2cc1OC. The Kier molecular flexibility index (Phi) is 6.85. The second kappa shape index (κ2) is 10.2. The van der Waals surface area contributed by atoms with Crippen molar-refractivity contribution in [3.05, 3.63) is 17.0 Å². The van der Waals surface area contributed by atoms with Gasteiger partial charge in [-0.2, -0.15) is 5.21 Å². The number of hydrogen-bond donors (Lipinski definition) is 2. The fourth-order valence-electron chi connectivity index (χ4n) is 5.49. The molecule has 182 valence electrons. The molecule has 0 aliphatic heterocycles. The van der Waals surface area contributed by atoms with Gasteiger partial charge in [0.25, 0.3) is 11.9 Å². The molecule has 0 atom stereocenters. The second-order valence-electron chi connectivity index (χ2n) is 9.21. The summed E-state index contributed by atoms with van der Waals surface area (Å²) in [6.45, 7) is 0. The quantitative estimate of drug-likeness (QED) is 0.473. The highest BCUT2D eigenvalue weighted by molar-refractivity contribution is 7.21. The van der Waals surface area contributed by atoms with E-state index in [9.17, 15) is 4.79 Å². The van der Waals surface area contributed by atoms with E-state index < -0.39 is 0 Å². The van der Waals surface area contributed by atoms with Gasteiger partial charge in [-0.1, -0.05) is 37.2 Å². The number of carbonyl (C=O) groups excluding carboxylic acids is 1. The van der Waals surface area contributed by atoms with Crippen LogP contribution in [-0.2, 0) is 0 Å². The summed E-state index contributed by atoms with van der Waals surface area (Å²) in [6.07, 6.45) is 11.4. The van der Waals surface area contributed by atoms with Crippen LogP contribution in [0.3, 0.4) is 0 Å². The molecule has 1 aromatic carbocycles. The number of ether oxygens (including phenoxy) is 3. The maximum absolute atomic E-state index is 13.1. The lowest BCUT2D eigenvalue weighted by molar-refractivity contribution is 0.0955. The average Bonchev–Trinajstić information content (AvgIpc) is 3.52. The topological polar surface area (TPSA) is 111 Å². The van der Waals surface area contributed by atoms with Crippen molar-refractivity contribution in [2.75, 3.05) is 19.5 Å². The van der Waals surface area contributed by atoms with Crippen molar-refractivity contribution in [3.8, 4) is 17.2 Å². The van der Waals surface area contributed by atoms with E-state index in [4.69, 9.17) is 14.2 Å². The van der Waals surface area contributed by atoms with Crippen LogP contribution in [0.15, 0.2) is 12.1 Å². The van der Waals surface area contributed by atoms with Gasteiger partial charge in [-0.05, 0) is 48.8 Å². The maximum Gasteiger partial charge on any atom is 0.272 e. The molecule has 5 rings (SSSR count). The molecule has 0 spiro atoms. The fraction of sp³-hybridized carbons (Fsp3) is 0.583. The van der Waals surface area contributed by atoms with Gasteiger partial charge in [-0.3, -0.25) is 10.1 Å². The smallest absolute Gasteiger partial charge is 0.272 e. The van der Waals surface area contributed by atoms with Crippen LogP contribution in [0, 0.1) is 11.8 Å². The number of nitrogens with one attached hydrogen (secondary N) is 2. The Balaban J connectivity index is 1.40. The number of thiophene rings is 1. The minimum absolute atomic E-state index is 0.0856. The lowest BCUT2D eigenvalue weighted by Crippen LogP contribution is -2.29. The molecule has 0 unspecified atom stereocenters. The predicted octanol–water partition coefficient (Wildman–Crippen LogP) is 5.20. The first-order valence-corrected chi connectivity index (χ1v) is 12.9. The largest absolute Gasteiger partial charge is 0.493 e. The van der Waals surface area contributed by atoms with E-state index in [1.807, 2.05) is 12.1 Å². The number of benzene rings is 1. The number of amides is 1.